The Morgan fingerprint density at radius 2 is 1.85 bits per heavy atom. The normalized spacial score (nSPS) is 13.3. The van der Waals surface area contributed by atoms with Crippen molar-refractivity contribution in [2.45, 2.75) is 64.9 Å². The molecule has 2 amide bonds. The molecule has 9 nitrogen and oxygen atoms in total. The zero-order valence-electron chi connectivity index (χ0n) is 16.3. The zero-order chi connectivity index (χ0) is 20.3. The van der Waals surface area contributed by atoms with Crippen LogP contribution in [0.4, 0.5) is 0 Å². The predicted octanol–water partition coefficient (Wildman–Crippen LogP) is 0.721. The molecule has 0 aliphatic heterocycles. The average molecular weight is 388 g/mol. The monoisotopic (exact) mass is 388 g/mol. The van der Waals surface area contributed by atoms with E-state index in [0.29, 0.717) is 0 Å². The van der Waals surface area contributed by atoms with Crippen LogP contribution in [0.2, 0.25) is 0 Å². The minimum absolute atomic E-state index is 0.0781. The smallest absolute Gasteiger partial charge is 0.246 e. The van der Waals surface area contributed by atoms with Crippen LogP contribution in [0, 0.1) is 13.8 Å². The summed E-state index contributed by atoms with van der Waals surface area (Å²) in [5.74, 6) is -0.660. The van der Waals surface area contributed by atoms with Crippen molar-refractivity contribution in [2.75, 3.05) is 13.1 Å². The fourth-order valence-corrected chi connectivity index (χ4v) is 3.98. The SMILES string of the molecule is CCN(CC(=O)NC(C)(C)C)C(=O)[C@H](C)NS(=O)(=O)c1c(C)noc1C. The van der Waals surface area contributed by atoms with Crippen LogP contribution in [-0.4, -0.2) is 55.0 Å². The van der Waals surface area contributed by atoms with Crippen molar-refractivity contribution in [3.63, 3.8) is 0 Å². The maximum Gasteiger partial charge on any atom is 0.246 e. The minimum atomic E-state index is -3.98. The van der Waals surface area contributed by atoms with Gasteiger partial charge in [-0.25, -0.2) is 8.42 Å². The first-order valence-electron chi connectivity index (χ1n) is 8.33. The summed E-state index contributed by atoms with van der Waals surface area (Å²) < 4.78 is 32.2. The number of nitrogens with one attached hydrogen (secondary N) is 2. The molecule has 0 aromatic carbocycles. The molecular weight excluding hydrogens is 360 g/mol. The van der Waals surface area contributed by atoms with Crippen molar-refractivity contribution in [3.8, 4) is 0 Å². The lowest BCUT2D eigenvalue weighted by Gasteiger charge is -2.27. The van der Waals surface area contributed by atoms with Gasteiger partial charge in [-0.1, -0.05) is 5.16 Å². The second kappa shape index (κ2) is 8.17. The van der Waals surface area contributed by atoms with Crippen molar-refractivity contribution in [3.05, 3.63) is 11.5 Å². The molecule has 0 saturated heterocycles. The Hall–Kier alpha value is -1.94. The average Bonchev–Trinajstić information content (AvgIpc) is 2.81. The van der Waals surface area contributed by atoms with Gasteiger partial charge in [0.1, 0.15) is 10.6 Å². The lowest BCUT2D eigenvalue weighted by Crippen LogP contribution is -2.51. The summed E-state index contributed by atoms with van der Waals surface area (Å²) in [6, 6.07) is -1.05. The van der Waals surface area contributed by atoms with Crippen molar-refractivity contribution < 1.29 is 22.5 Å². The quantitative estimate of drug-likeness (QED) is 0.710. The summed E-state index contributed by atoms with van der Waals surface area (Å²) in [5, 5.41) is 6.39. The summed E-state index contributed by atoms with van der Waals surface area (Å²) in [7, 11) is -3.98. The first-order valence-corrected chi connectivity index (χ1v) is 9.81. The van der Waals surface area contributed by atoms with Crippen molar-refractivity contribution in [1.29, 1.82) is 0 Å². The van der Waals surface area contributed by atoms with E-state index in [-0.39, 0.29) is 35.3 Å². The second-order valence-corrected chi connectivity index (χ2v) is 8.80. The molecule has 0 spiro atoms. The molecule has 0 fully saturated rings. The van der Waals surface area contributed by atoms with E-state index in [1.54, 1.807) is 6.92 Å². The highest BCUT2D eigenvalue weighted by molar-refractivity contribution is 7.89. The number of aryl methyl sites for hydroxylation is 2. The van der Waals surface area contributed by atoms with Crippen LogP contribution < -0.4 is 10.0 Å². The van der Waals surface area contributed by atoms with Crippen LogP contribution in [0.15, 0.2) is 9.42 Å². The van der Waals surface area contributed by atoms with E-state index in [9.17, 15) is 18.0 Å². The number of amides is 2. The van der Waals surface area contributed by atoms with Gasteiger partial charge in [-0.3, -0.25) is 9.59 Å². The van der Waals surface area contributed by atoms with Crippen LogP contribution in [0.3, 0.4) is 0 Å². The number of nitrogens with zero attached hydrogens (tertiary/aromatic N) is 2. The maximum atomic E-state index is 12.6. The zero-order valence-corrected chi connectivity index (χ0v) is 17.2. The van der Waals surface area contributed by atoms with Gasteiger partial charge in [0.25, 0.3) is 0 Å². The number of carbonyl (C=O) groups is 2. The third-order valence-electron chi connectivity index (χ3n) is 3.48. The molecule has 0 unspecified atom stereocenters. The molecule has 0 aliphatic carbocycles. The van der Waals surface area contributed by atoms with Crippen LogP contribution in [0.5, 0.6) is 0 Å². The topological polar surface area (TPSA) is 122 Å². The molecule has 1 rings (SSSR count). The lowest BCUT2D eigenvalue weighted by molar-refractivity contribution is -0.137. The minimum Gasteiger partial charge on any atom is -0.360 e. The van der Waals surface area contributed by atoms with Crippen LogP contribution in [0.1, 0.15) is 46.1 Å². The van der Waals surface area contributed by atoms with E-state index < -0.39 is 27.5 Å². The second-order valence-electron chi connectivity index (χ2n) is 7.15. The van der Waals surface area contributed by atoms with Gasteiger partial charge in [0.2, 0.25) is 21.8 Å². The summed E-state index contributed by atoms with van der Waals surface area (Å²) in [6.45, 7) is 11.8. The molecule has 0 bridgehead atoms. The molecule has 1 aromatic heterocycles. The molecule has 10 heteroatoms. The van der Waals surface area contributed by atoms with E-state index in [2.05, 4.69) is 15.2 Å². The van der Waals surface area contributed by atoms with Crippen LogP contribution in [-0.2, 0) is 19.6 Å². The third kappa shape index (κ3) is 5.80. The Balaban J connectivity index is 2.86. The van der Waals surface area contributed by atoms with Crippen molar-refractivity contribution in [2.24, 2.45) is 0 Å². The highest BCUT2D eigenvalue weighted by atomic mass is 32.2. The number of hydrogen-bond donors (Lipinski definition) is 2. The molecule has 1 aromatic rings. The van der Waals surface area contributed by atoms with Gasteiger partial charge >= 0.3 is 0 Å². The Morgan fingerprint density at radius 1 is 1.27 bits per heavy atom. The number of hydrogen-bond acceptors (Lipinski definition) is 6. The molecule has 1 atom stereocenters. The Morgan fingerprint density at radius 3 is 2.27 bits per heavy atom. The van der Waals surface area contributed by atoms with Crippen molar-refractivity contribution in [1.82, 2.24) is 20.1 Å². The summed E-state index contributed by atoms with van der Waals surface area (Å²) >= 11 is 0. The fraction of sp³-hybridized carbons (Fsp3) is 0.688. The van der Waals surface area contributed by atoms with Crippen LogP contribution in [0.25, 0.3) is 0 Å². The number of sulfonamides is 1. The van der Waals surface area contributed by atoms with Crippen molar-refractivity contribution >= 4 is 21.8 Å². The van der Waals surface area contributed by atoms with E-state index >= 15 is 0 Å². The van der Waals surface area contributed by atoms with Gasteiger partial charge in [-0.2, -0.15) is 4.72 Å². The van der Waals surface area contributed by atoms with Gasteiger partial charge in [-0.15, -0.1) is 0 Å². The highest BCUT2D eigenvalue weighted by Crippen LogP contribution is 2.19. The Kier molecular flexibility index (Phi) is 6.95. The van der Waals surface area contributed by atoms with Gasteiger partial charge < -0.3 is 14.7 Å². The number of likely N-dealkylation sites (N-methyl/N-ethyl adjacent to an activating group) is 1. The van der Waals surface area contributed by atoms with Gasteiger partial charge in [0.05, 0.1) is 12.6 Å². The standard InChI is InChI=1S/C16H28N4O5S/c1-8-20(9-13(21)17-16(5,6)7)15(22)11(3)19-26(23,24)14-10(2)18-25-12(14)4/h11,19H,8-9H2,1-7H3,(H,17,21)/t11-/m0/s1. The number of carbonyl (C=O) groups excluding carboxylic acids is 2. The fourth-order valence-electron chi connectivity index (χ4n) is 2.45. The summed E-state index contributed by atoms with van der Waals surface area (Å²) in [4.78, 5) is 25.8. The van der Waals surface area contributed by atoms with Gasteiger partial charge in [-0.05, 0) is 48.5 Å². The van der Waals surface area contributed by atoms with E-state index in [0.717, 1.165) is 0 Å². The van der Waals surface area contributed by atoms with Gasteiger partial charge in [0, 0.05) is 12.1 Å². The first kappa shape index (κ1) is 22.1. The Labute approximate surface area is 154 Å². The predicted molar refractivity (Wildman–Crippen MR) is 95.9 cm³/mol. The molecule has 26 heavy (non-hydrogen) atoms. The molecule has 0 aliphatic rings. The highest BCUT2D eigenvalue weighted by Gasteiger charge is 2.30. The molecule has 1 heterocycles. The number of rotatable bonds is 7. The summed E-state index contributed by atoms with van der Waals surface area (Å²) in [6.07, 6.45) is 0. The molecule has 0 radical (unpaired) electrons. The van der Waals surface area contributed by atoms with Gasteiger partial charge in [0.15, 0.2) is 5.76 Å². The van der Waals surface area contributed by atoms with E-state index in [4.69, 9.17) is 4.52 Å². The maximum absolute atomic E-state index is 12.6. The first-order chi connectivity index (χ1) is 11.8. The third-order valence-corrected chi connectivity index (χ3v) is 5.27. The molecule has 148 valence electrons. The molecule has 2 N–H and O–H groups in total. The van der Waals surface area contributed by atoms with Crippen LogP contribution >= 0.6 is 0 Å². The Bertz CT molecular complexity index is 745. The van der Waals surface area contributed by atoms with E-state index in [1.165, 1.54) is 25.7 Å². The largest absolute Gasteiger partial charge is 0.360 e. The lowest BCUT2D eigenvalue weighted by atomic mass is 10.1. The summed E-state index contributed by atoms with van der Waals surface area (Å²) in [5.41, 5.74) is -0.206. The molecular formula is C16H28N4O5S. The number of aromatic nitrogens is 1. The molecule has 0 saturated carbocycles. The van der Waals surface area contributed by atoms with E-state index in [1.807, 2.05) is 20.8 Å².